The molecule has 12 nitrogen and oxygen atoms in total. The molecule has 0 unspecified atom stereocenters. The summed E-state index contributed by atoms with van der Waals surface area (Å²) in [6.45, 7) is 14.8. The van der Waals surface area contributed by atoms with Crippen molar-refractivity contribution in [3.05, 3.63) is 116 Å². The first-order valence-corrected chi connectivity index (χ1v) is 17.7. The molecule has 6 N–H and O–H groups in total. The smallest absolute Gasteiger partial charge is 0.261 e. The zero-order valence-corrected chi connectivity index (χ0v) is 34.7. The molecule has 0 atom stereocenters. The van der Waals surface area contributed by atoms with Gasteiger partial charge < -0.3 is 15.3 Å². The molecule has 0 aliphatic heterocycles. The lowest BCUT2D eigenvalue weighted by atomic mass is 10.2. The van der Waals surface area contributed by atoms with Crippen LogP contribution in [0.3, 0.4) is 0 Å². The fourth-order valence-corrected chi connectivity index (χ4v) is 6.03. The van der Waals surface area contributed by atoms with E-state index in [1.165, 1.54) is 57.2 Å². The number of benzene rings is 3. The first-order valence-electron chi connectivity index (χ1n) is 13.3. The van der Waals surface area contributed by atoms with Gasteiger partial charge in [0.1, 0.15) is 17.2 Å². The molecule has 0 aliphatic carbocycles. The van der Waals surface area contributed by atoms with Crippen molar-refractivity contribution in [1.82, 2.24) is 16.0 Å². The maximum atomic E-state index is 11.7. The SMILES string of the molecule is C=C(C)C(=O)NC(=O)c1cc(I)cc(I)c1O.C=C(C)C(=O)NC(=O)c1cc(I)ccc1O.C=C(C)C(=O)NC(=O)c1ccc(O)cc1I. The van der Waals surface area contributed by atoms with E-state index >= 15 is 0 Å². The normalized spacial score (nSPS) is 9.69. The molecule has 6 amide bonds. The highest BCUT2D eigenvalue weighted by atomic mass is 127. The Morgan fingerprint density at radius 1 is 0.531 bits per heavy atom. The van der Waals surface area contributed by atoms with E-state index in [1.54, 1.807) is 12.1 Å². The standard InChI is InChI=1S/C11H9I2NO3.2C11H10INO3/c1-5(2)10(16)14-11(17)7-3-6(12)4-8(13)9(7)15;1-6(2)10(15)13-11(16)8-5-7(12)3-4-9(8)14;1-6(2)10(15)13-11(16)8-4-3-7(14)5-9(8)12/h3-4,15H,1H2,2H3,(H,14,16,17);2*3-5,14H,1H2,2H3,(H,13,15,16). The minimum absolute atomic E-state index is 0.0708. The molecule has 0 saturated carbocycles. The fraction of sp³-hybridized carbons (Fsp3) is 0.0909. The zero-order chi connectivity index (χ0) is 37.7. The number of hydrogen-bond acceptors (Lipinski definition) is 9. The Bertz CT molecular complexity index is 1870. The Kier molecular flexibility index (Phi) is 18.1. The number of nitrogens with one attached hydrogen (secondary N) is 3. The molecule has 0 spiro atoms. The summed E-state index contributed by atoms with van der Waals surface area (Å²) in [5.74, 6) is -3.59. The Morgan fingerprint density at radius 3 is 1.41 bits per heavy atom. The van der Waals surface area contributed by atoms with Crippen LogP contribution in [0.2, 0.25) is 0 Å². The van der Waals surface area contributed by atoms with Gasteiger partial charge in [-0.25, -0.2) is 0 Å². The first-order chi connectivity index (χ1) is 22.7. The Morgan fingerprint density at radius 2 is 0.959 bits per heavy atom. The second-order valence-electron chi connectivity index (χ2n) is 9.80. The Balaban J connectivity index is 0.000000368. The monoisotopic (exact) mass is 1120 g/mol. The van der Waals surface area contributed by atoms with Gasteiger partial charge >= 0.3 is 0 Å². The molecule has 0 heterocycles. The number of phenols is 3. The van der Waals surface area contributed by atoms with Gasteiger partial charge in [0.25, 0.3) is 35.4 Å². The van der Waals surface area contributed by atoms with E-state index < -0.39 is 35.4 Å². The van der Waals surface area contributed by atoms with Crippen molar-refractivity contribution in [2.24, 2.45) is 0 Å². The van der Waals surface area contributed by atoms with Crippen molar-refractivity contribution in [2.75, 3.05) is 0 Å². The van der Waals surface area contributed by atoms with E-state index in [2.05, 4.69) is 35.7 Å². The van der Waals surface area contributed by atoms with E-state index in [1.807, 2.05) is 90.4 Å². The van der Waals surface area contributed by atoms with Crippen molar-refractivity contribution in [3.8, 4) is 17.2 Å². The molecule has 3 aromatic rings. The molecule has 3 rings (SSSR count). The van der Waals surface area contributed by atoms with E-state index in [9.17, 15) is 44.1 Å². The number of aromatic hydroxyl groups is 3. The maximum absolute atomic E-state index is 11.7. The number of imide groups is 3. The average molecular weight is 1120 g/mol. The van der Waals surface area contributed by atoms with Gasteiger partial charge in [-0.2, -0.15) is 0 Å². The number of hydrogen-bond donors (Lipinski definition) is 6. The Labute approximate surface area is 336 Å². The molecule has 0 radical (unpaired) electrons. The summed E-state index contributed by atoms with van der Waals surface area (Å²) in [5, 5.41) is 34.8. The molecule has 0 saturated heterocycles. The maximum Gasteiger partial charge on any atom is 0.261 e. The summed E-state index contributed by atoms with van der Waals surface area (Å²) in [6, 6.07) is 12.1. The second kappa shape index (κ2) is 20.3. The van der Waals surface area contributed by atoms with Crippen LogP contribution in [-0.2, 0) is 14.4 Å². The molecule has 3 aromatic carbocycles. The topological polar surface area (TPSA) is 199 Å². The number of amides is 6. The van der Waals surface area contributed by atoms with Crippen molar-refractivity contribution in [1.29, 1.82) is 0 Å². The number of phenolic OH excluding ortho intramolecular Hbond substituents is 3. The summed E-state index contributed by atoms with van der Waals surface area (Å²) >= 11 is 7.87. The predicted molar refractivity (Wildman–Crippen MR) is 217 cm³/mol. The van der Waals surface area contributed by atoms with Crippen LogP contribution in [0.15, 0.2) is 85.0 Å². The third-order valence-corrected chi connectivity index (χ3v) is 8.53. The van der Waals surface area contributed by atoms with E-state index in [0.29, 0.717) is 12.7 Å². The molecule has 0 aromatic heterocycles. The summed E-state index contributed by atoms with van der Waals surface area (Å²) in [5.41, 5.74) is 1.23. The lowest BCUT2D eigenvalue weighted by molar-refractivity contribution is -0.117. The Hall–Kier alpha value is -3.38. The van der Waals surface area contributed by atoms with Gasteiger partial charge in [-0.15, -0.1) is 0 Å². The molecule has 49 heavy (non-hydrogen) atoms. The van der Waals surface area contributed by atoms with Gasteiger partial charge in [-0.1, -0.05) is 19.7 Å². The molecule has 0 fully saturated rings. The van der Waals surface area contributed by atoms with Crippen molar-refractivity contribution in [2.45, 2.75) is 20.8 Å². The van der Waals surface area contributed by atoms with E-state index in [4.69, 9.17) is 0 Å². The predicted octanol–water partition coefficient (Wildman–Crippen LogP) is 6.09. The summed E-state index contributed by atoms with van der Waals surface area (Å²) in [4.78, 5) is 68.7. The third-order valence-electron chi connectivity index (χ3n) is 5.52. The largest absolute Gasteiger partial charge is 0.508 e. The number of carbonyl (C=O) groups is 6. The van der Waals surface area contributed by atoms with Gasteiger partial charge in [-0.3, -0.25) is 44.7 Å². The van der Waals surface area contributed by atoms with Crippen LogP contribution in [0, 0.1) is 14.3 Å². The number of halogens is 4. The number of rotatable bonds is 6. The number of carbonyl (C=O) groups excluding carboxylic acids is 6. The second-order valence-corrected chi connectivity index (χ2v) is 14.6. The molecule has 16 heteroatoms. The molecule has 258 valence electrons. The van der Waals surface area contributed by atoms with Crippen LogP contribution in [0.5, 0.6) is 17.2 Å². The van der Waals surface area contributed by atoms with E-state index in [-0.39, 0.29) is 45.1 Å². The fourth-order valence-electron chi connectivity index (χ4n) is 2.95. The van der Waals surface area contributed by atoms with Crippen LogP contribution in [0.25, 0.3) is 0 Å². The van der Waals surface area contributed by atoms with Gasteiger partial charge in [0.15, 0.2) is 0 Å². The summed E-state index contributed by atoms with van der Waals surface area (Å²) < 4.78 is 2.73. The third kappa shape index (κ3) is 14.6. The molecular formula is C33H29I4N3O9. The lowest BCUT2D eigenvalue weighted by Gasteiger charge is -2.07. The molecule has 0 bridgehead atoms. The van der Waals surface area contributed by atoms with Crippen LogP contribution >= 0.6 is 90.4 Å². The highest BCUT2D eigenvalue weighted by Crippen LogP contribution is 2.27. The van der Waals surface area contributed by atoms with Crippen molar-refractivity contribution in [3.63, 3.8) is 0 Å². The van der Waals surface area contributed by atoms with E-state index in [0.717, 1.165) is 7.14 Å². The minimum Gasteiger partial charge on any atom is -0.508 e. The van der Waals surface area contributed by atoms with Crippen LogP contribution in [0.1, 0.15) is 51.8 Å². The summed E-state index contributed by atoms with van der Waals surface area (Å²) in [7, 11) is 0. The van der Waals surface area contributed by atoms with Crippen molar-refractivity contribution < 1.29 is 44.1 Å². The lowest BCUT2D eigenvalue weighted by Crippen LogP contribution is -2.31. The minimum atomic E-state index is -0.635. The highest BCUT2D eigenvalue weighted by molar-refractivity contribution is 14.1. The first kappa shape index (κ1) is 43.6. The summed E-state index contributed by atoms with van der Waals surface area (Å²) in [6.07, 6.45) is 0. The van der Waals surface area contributed by atoms with Crippen LogP contribution in [-0.4, -0.2) is 50.8 Å². The van der Waals surface area contributed by atoms with Crippen molar-refractivity contribution >= 4 is 126 Å². The molecule has 0 aliphatic rings. The van der Waals surface area contributed by atoms with Gasteiger partial charge in [0.05, 0.1) is 20.3 Å². The quantitative estimate of drug-likeness (QED) is 0.125. The zero-order valence-electron chi connectivity index (χ0n) is 26.0. The van der Waals surface area contributed by atoms with Crippen LogP contribution < -0.4 is 16.0 Å². The van der Waals surface area contributed by atoms with Crippen LogP contribution in [0.4, 0.5) is 0 Å². The average Bonchev–Trinajstić information content (AvgIpc) is 3.00. The van der Waals surface area contributed by atoms with Gasteiger partial charge in [0.2, 0.25) is 0 Å². The van der Waals surface area contributed by atoms with Gasteiger partial charge in [-0.05, 0) is 160 Å². The van der Waals surface area contributed by atoms with Gasteiger partial charge in [0, 0.05) is 27.4 Å². The molecular weight excluding hydrogens is 1090 g/mol. The highest BCUT2D eigenvalue weighted by Gasteiger charge is 2.18.